The van der Waals surface area contributed by atoms with Crippen molar-refractivity contribution in [2.45, 2.75) is 38.8 Å². The first kappa shape index (κ1) is 28.7. The number of alkyl halides is 3. The molecule has 1 saturated heterocycles. The molecule has 0 aromatic heterocycles. The average molecular weight is 555 g/mol. The normalized spacial score (nSPS) is 15.6. The summed E-state index contributed by atoms with van der Waals surface area (Å²) in [5, 5.41) is 2.11. The molecule has 1 fully saturated rings. The second-order valence-electron chi connectivity index (χ2n) is 10.5. The number of ether oxygens (including phenoxy) is 2. The van der Waals surface area contributed by atoms with E-state index in [-0.39, 0.29) is 24.3 Å². The van der Waals surface area contributed by atoms with Crippen LogP contribution in [0.1, 0.15) is 38.3 Å². The van der Waals surface area contributed by atoms with Crippen LogP contribution in [0.4, 0.5) is 24.5 Å². The highest BCUT2D eigenvalue weighted by molar-refractivity contribution is 6.00. The molecule has 1 aliphatic heterocycles. The van der Waals surface area contributed by atoms with Gasteiger partial charge >= 0.3 is 12.1 Å². The van der Waals surface area contributed by atoms with Gasteiger partial charge < -0.3 is 19.7 Å². The van der Waals surface area contributed by atoms with E-state index in [1.807, 2.05) is 24.3 Å². The molecular formula is C30H29F3N2O5. The monoisotopic (exact) mass is 554 g/mol. The first-order valence-corrected chi connectivity index (χ1v) is 12.6. The van der Waals surface area contributed by atoms with Gasteiger partial charge in [-0.1, -0.05) is 45.0 Å². The summed E-state index contributed by atoms with van der Waals surface area (Å²) in [7, 11) is 0. The summed E-state index contributed by atoms with van der Waals surface area (Å²) in [6.45, 7) is 5.65. The van der Waals surface area contributed by atoms with Crippen molar-refractivity contribution in [2.75, 3.05) is 23.4 Å². The lowest BCUT2D eigenvalue weighted by molar-refractivity contribution is -0.151. The van der Waals surface area contributed by atoms with Crippen LogP contribution in [0, 0.1) is 5.92 Å². The third-order valence-corrected chi connectivity index (χ3v) is 6.41. The number of anilines is 2. The fraction of sp³-hybridized carbons (Fsp3) is 0.300. The van der Waals surface area contributed by atoms with Crippen LogP contribution in [0.2, 0.25) is 0 Å². The molecule has 0 unspecified atom stereocenters. The van der Waals surface area contributed by atoms with Crippen LogP contribution < -0.4 is 15.0 Å². The van der Waals surface area contributed by atoms with E-state index in [2.05, 4.69) is 26.1 Å². The third-order valence-electron chi connectivity index (χ3n) is 6.41. The Bertz CT molecular complexity index is 1380. The van der Waals surface area contributed by atoms with E-state index in [4.69, 9.17) is 9.47 Å². The van der Waals surface area contributed by atoms with Crippen molar-refractivity contribution in [2.24, 2.45) is 5.92 Å². The topological polar surface area (TPSA) is 84.9 Å². The van der Waals surface area contributed by atoms with E-state index in [0.29, 0.717) is 17.2 Å². The van der Waals surface area contributed by atoms with Crippen LogP contribution in [0.3, 0.4) is 0 Å². The fourth-order valence-corrected chi connectivity index (χ4v) is 4.25. The van der Waals surface area contributed by atoms with Gasteiger partial charge in [-0.05, 0) is 59.5 Å². The molecule has 210 valence electrons. The Morgan fingerprint density at radius 3 is 2.12 bits per heavy atom. The maximum absolute atomic E-state index is 13.1. The minimum atomic E-state index is -4.66. The Balaban J connectivity index is 1.30. The highest BCUT2D eigenvalue weighted by Crippen LogP contribution is 2.35. The number of amides is 2. The number of rotatable bonds is 7. The van der Waals surface area contributed by atoms with E-state index in [9.17, 15) is 27.6 Å². The second-order valence-corrected chi connectivity index (χ2v) is 10.5. The van der Waals surface area contributed by atoms with Crippen molar-refractivity contribution in [3.05, 3.63) is 83.9 Å². The standard InChI is InChI=1S/C30H29F3N2O5/c1-29(2,3)20-8-12-22(13-9-20)40-23-14-10-21(11-15-23)35-17-19(16-27(35)37)28(38)39-18-26(36)34-25-7-5-4-6-24(25)30(31,32)33/h4-15,19H,16-18H2,1-3H3,(H,34,36)/t19-/m1/s1. The molecule has 0 spiro atoms. The van der Waals surface area contributed by atoms with E-state index >= 15 is 0 Å². The number of nitrogens with zero attached hydrogens (tertiary/aromatic N) is 1. The molecule has 2 amide bonds. The summed E-state index contributed by atoms with van der Waals surface area (Å²) >= 11 is 0. The van der Waals surface area contributed by atoms with Gasteiger partial charge in [0.2, 0.25) is 5.91 Å². The molecule has 1 aliphatic rings. The van der Waals surface area contributed by atoms with Crippen molar-refractivity contribution < 1.29 is 37.0 Å². The molecule has 0 saturated carbocycles. The number of nitrogens with one attached hydrogen (secondary N) is 1. The van der Waals surface area contributed by atoms with Gasteiger partial charge in [0.05, 0.1) is 17.2 Å². The van der Waals surface area contributed by atoms with Crippen LogP contribution in [0.5, 0.6) is 11.5 Å². The van der Waals surface area contributed by atoms with E-state index in [1.54, 1.807) is 24.3 Å². The molecule has 10 heteroatoms. The molecule has 1 atom stereocenters. The van der Waals surface area contributed by atoms with Crippen molar-refractivity contribution in [3.63, 3.8) is 0 Å². The first-order chi connectivity index (χ1) is 18.8. The molecule has 0 aliphatic carbocycles. The van der Waals surface area contributed by atoms with Crippen LogP contribution in [-0.2, 0) is 30.7 Å². The van der Waals surface area contributed by atoms with Crippen molar-refractivity contribution in [1.82, 2.24) is 0 Å². The van der Waals surface area contributed by atoms with Crippen molar-refractivity contribution in [1.29, 1.82) is 0 Å². The number of benzene rings is 3. The third kappa shape index (κ3) is 6.99. The summed E-state index contributed by atoms with van der Waals surface area (Å²) in [5.41, 5.74) is 0.330. The number of carbonyl (C=O) groups is 3. The maximum Gasteiger partial charge on any atom is 0.418 e. The molecular weight excluding hydrogens is 525 g/mol. The number of esters is 1. The molecule has 0 bridgehead atoms. The Kier molecular flexibility index (Phi) is 8.18. The van der Waals surface area contributed by atoms with Gasteiger partial charge in [-0.15, -0.1) is 0 Å². The van der Waals surface area contributed by atoms with Gasteiger partial charge in [0, 0.05) is 18.7 Å². The predicted molar refractivity (Wildman–Crippen MR) is 143 cm³/mol. The van der Waals surface area contributed by atoms with Gasteiger partial charge in [-0.25, -0.2) is 0 Å². The maximum atomic E-state index is 13.1. The van der Waals surface area contributed by atoms with Crippen molar-refractivity contribution >= 4 is 29.2 Å². The smallest absolute Gasteiger partial charge is 0.418 e. The summed E-state index contributed by atoms with van der Waals surface area (Å²) in [6.07, 6.45) is -4.77. The molecule has 4 rings (SSSR count). The summed E-state index contributed by atoms with van der Waals surface area (Å²) < 4.78 is 50.3. The molecule has 7 nitrogen and oxygen atoms in total. The Morgan fingerprint density at radius 2 is 1.52 bits per heavy atom. The molecule has 40 heavy (non-hydrogen) atoms. The number of carbonyl (C=O) groups excluding carboxylic acids is 3. The van der Waals surface area contributed by atoms with Gasteiger partial charge in [-0.3, -0.25) is 14.4 Å². The second kappa shape index (κ2) is 11.4. The minimum absolute atomic E-state index is 0.0297. The zero-order valence-electron chi connectivity index (χ0n) is 22.2. The quantitative estimate of drug-likeness (QED) is 0.345. The lowest BCUT2D eigenvalue weighted by Crippen LogP contribution is -2.28. The Hall–Kier alpha value is -4.34. The molecule has 0 radical (unpaired) electrons. The summed E-state index contributed by atoms with van der Waals surface area (Å²) in [4.78, 5) is 38.7. The summed E-state index contributed by atoms with van der Waals surface area (Å²) in [6, 6.07) is 19.1. The number of hydrogen-bond acceptors (Lipinski definition) is 5. The molecule has 1 N–H and O–H groups in total. The zero-order chi connectivity index (χ0) is 29.1. The van der Waals surface area contributed by atoms with E-state index in [1.165, 1.54) is 22.6 Å². The largest absolute Gasteiger partial charge is 0.457 e. The highest BCUT2D eigenvalue weighted by atomic mass is 19.4. The van der Waals surface area contributed by atoms with E-state index < -0.39 is 41.8 Å². The number of halogens is 3. The summed E-state index contributed by atoms with van der Waals surface area (Å²) in [5.74, 6) is -1.57. The fourth-order valence-electron chi connectivity index (χ4n) is 4.25. The molecule has 3 aromatic rings. The highest BCUT2D eigenvalue weighted by Gasteiger charge is 2.37. The minimum Gasteiger partial charge on any atom is -0.457 e. The van der Waals surface area contributed by atoms with E-state index in [0.717, 1.165) is 12.1 Å². The SMILES string of the molecule is CC(C)(C)c1ccc(Oc2ccc(N3C[C@H](C(=O)OCC(=O)Nc4ccccc4C(F)(F)F)CC3=O)cc2)cc1. The van der Waals surface area contributed by atoms with Crippen LogP contribution >= 0.6 is 0 Å². The Labute approximate surface area is 229 Å². The van der Waals surface area contributed by atoms with Gasteiger partial charge in [0.15, 0.2) is 6.61 Å². The van der Waals surface area contributed by atoms with Crippen molar-refractivity contribution in [3.8, 4) is 11.5 Å². The van der Waals surface area contributed by atoms with Crippen LogP contribution in [-0.4, -0.2) is 30.9 Å². The lowest BCUT2D eigenvalue weighted by Gasteiger charge is -2.19. The molecule has 3 aromatic carbocycles. The Morgan fingerprint density at radius 1 is 0.925 bits per heavy atom. The van der Waals surface area contributed by atoms with Crippen LogP contribution in [0.15, 0.2) is 72.8 Å². The first-order valence-electron chi connectivity index (χ1n) is 12.6. The van der Waals surface area contributed by atoms with Gasteiger partial charge in [0.25, 0.3) is 5.91 Å². The number of hydrogen-bond donors (Lipinski definition) is 1. The zero-order valence-corrected chi connectivity index (χ0v) is 22.2. The number of para-hydroxylation sites is 1. The van der Waals surface area contributed by atoms with Gasteiger partial charge in [-0.2, -0.15) is 13.2 Å². The average Bonchev–Trinajstić information content (AvgIpc) is 3.29. The molecule has 1 heterocycles. The predicted octanol–water partition coefficient (Wildman–Crippen LogP) is 6.33. The van der Waals surface area contributed by atoms with Crippen LogP contribution in [0.25, 0.3) is 0 Å². The lowest BCUT2D eigenvalue weighted by atomic mass is 9.87. The van der Waals surface area contributed by atoms with Gasteiger partial charge in [0.1, 0.15) is 11.5 Å².